The second-order valence-electron chi connectivity index (χ2n) is 6.31. The molecule has 0 spiro atoms. The maximum absolute atomic E-state index is 12.6. The Morgan fingerprint density at radius 2 is 2.13 bits per heavy atom. The number of aromatic nitrogens is 2. The number of fused-ring (bicyclic) bond motifs is 1. The van der Waals surface area contributed by atoms with Gasteiger partial charge in [-0.2, -0.15) is 5.10 Å². The van der Waals surface area contributed by atoms with Gasteiger partial charge in [-0.3, -0.25) is 10.2 Å². The number of carbonyl (C=O) groups is 1. The first-order valence-electron chi connectivity index (χ1n) is 8.23. The van der Waals surface area contributed by atoms with Crippen LogP contribution in [0.3, 0.4) is 0 Å². The molecule has 0 radical (unpaired) electrons. The molecule has 0 bridgehead atoms. The van der Waals surface area contributed by atoms with E-state index in [0.29, 0.717) is 12.0 Å². The van der Waals surface area contributed by atoms with E-state index < -0.39 is 0 Å². The lowest BCUT2D eigenvalue weighted by Crippen LogP contribution is -2.42. The summed E-state index contributed by atoms with van der Waals surface area (Å²) in [4.78, 5) is 12.6. The fraction of sp³-hybridized carbons (Fsp3) is 0.412. The zero-order chi connectivity index (χ0) is 15.6. The van der Waals surface area contributed by atoms with Gasteiger partial charge >= 0.3 is 0 Å². The maximum atomic E-state index is 12.6. The molecule has 6 nitrogen and oxygen atoms in total. The van der Waals surface area contributed by atoms with Crippen LogP contribution in [0.4, 0.5) is 5.69 Å². The van der Waals surface area contributed by atoms with Crippen LogP contribution in [0, 0.1) is 5.92 Å². The number of carbonyl (C=O) groups excluding carboxylic acids is 1. The highest BCUT2D eigenvalue weighted by Crippen LogP contribution is 2.30. The highest BCUT2D eigenvalue weighted by atomic mass is 16.2. The largest absolute Gasteiger partial charge is 0.325 e. The topological polar surface area (TPSA) is 71.0 Å². The molecule has 23 heavy (non-hydrogen) atoms. The van der Waals surface area contributed by atoms with Gasteiger partial charge in [0.05, 0.1) is 5.69 Å². The normalized spacial score (nSPS) is 26.7. The summed E-state index contributed by atoms with van der Waals surface area (Å²) in [6.45, 7) is 0. The minimum absolute atomic E-state index is 0.0320. The van der Waals surface area contributed by atoms with Crippen LogP contribution in [0.5, 0.6) is 0 Å². The van der Waals surface area contributed by atoms with Crippen molar-refractivity contribution in [2.24, 2.45) is 5.92 Å². The van der Waals surface area contributed by atoms with Crippen molar-refractivity contribution in [1.29, 1.82) is 0 Å². The molecular weight excluding hydrogens is 290 g/mol. The Labute approximate surface area is 135 Å². The number of hydrazine groups is 1. The van der Waals surface area contributed by atoms with Crippen LogP contribution in [0.25, 0.3) is 5.69 Å². The number of anilines is 1. The van der Waals surface area contributed by atoms with Crippen LogP contribution in [0.1, 0.15) is 25.7 Å². The van der Waals surface area contributed by atoms with E-state index in [1.807, 2.05) is 36.5 Å². The Morgan fingerprint density at radius 1 is 1.22 bits per heavy atom. The summed E-state index contributed by atoms with van der Waals surface area (Å²) < 4.78 is 1.78. The summed E-state index contributed by atoms with van der Waals surface area (Å²) >= 11 is 0. The number of rotatable bonds is 3. The van der Waals surface area contributed by atoms with Gasteiger partial charge in [0, 0.05) is 30.0 Å². The van der Waals surface area contributed by atoms with Gasteiger partial charge in [-0.05, 0) is 37.1 Å². The molecule has 1 aliphatic carbocycles. The number of nitrogens with one attached hydrogen (secondary N) is 3. The summed E-state index contributed by atoms with van der Waals surface area (Å²) in [5.74, 6) is 0.419. The van der Waals surface area contributed by atoms with E-state index in [0.717, 1.165) is 24.2 Å². The first-order valence-corrected chi connectivity index (χ1v) is 8.23. The molecule has 6 heteroatoms. The van der Waals surface area contributed by atoms with Crippen molar-refractivity contribution in [1.82, 2.24) is 20.6 Å². The number of nitrogens with zero attached hydrogens (tertiary/aromatic N) is 2. The summed E-state index contributed by atoms with van der Waals surface area (Å²) in [5, 5.41) is 7.26. The van der Waals surface area contributed by atoms with Crippen LogP contribution in [0.2, 0.25) is 0 Å². The lowest BCUT2D eigenvalue weighted by molar-refractivity contribution is -0.118. The van der Waals surface area contributed by atoms with Crippen molar-refractivity contribution in [3.05, 3.63) is 42.7 Å². The average Bonchev–Trinajstić information content (AvgIpc) is 3.25. The van der Waals surface area contributed by atoms with Crippen LogP contribution in [-0.2, 0) is 4.79 Å². The van der Waals surface area contributed by atoms with Crippen molar-refractivity contribution in [3.8, 4) is 5.69 Å². The van der Waals surface area contributed by atoms with Crippen LogP contribution in [0.15, 0.2) is 42.7 Å². The van der Waals surface area contributed by atoms with E-state index in [1.165, 1.54) is 12.8 Å². The first kappa shape index (κ1) is 14.4. The molecule has 2 heterocycles. The quantitative estimate of drug-likeness (QED) is 0.809. The number of benzene rings is 1. The van der Waals surface area contributed by atoms with E-state index in [1.54, 1.807) is 10.9 Å². The van der Waals surface area contributed by atoms with E-state index in [9.17, 15) is 4.79 Å². The van der Waals surface area contributed by atoms with Gasteiger partial charge in [-0.15, -0.1) is 0 Å². The van der Waals surface area contributed by atoms with Gasteiger partial charge in [0.1, 0.15) is 6.04 Å². The van der Waals surface area contributed by atoms with Crippen molar-refractivity contribution < 1.29 is 4.79 Å². The predicted molar refractivity (Wildman–Crippen MR) is 88.0 cm³/mol. The third-order valence-electron chi connectivity index (χ3n) is 4.84. The zero-order valence-electron chi connectivity index (χ0n) is 12.9. The van der Waals surface area contributed by atoms with Crippen LogP contribution >= 0.6 is 0 Å². The summed E-state index contributed by atoms with van der Waals surface area (Å²) in [5.41, 5.74) is 8.19. The molecule has 1 amide bonds. The summed E-state index contributed by atoms with van der Waals surface area (Å²) in [6, 6.07) is 9.88. The highest BCUT2D eigenvalue weighted by Gasteiger charge is 2.40. The van der Waals surface area contributed by atoms with Crippen LogP contribution < -0.4 is 16.2 Å². The van der Waals surface area contributed by atoms with Crippen LogP contribution in [-0.4, -0.2) is 27.8 Å². The van der Waals surface area contributed by atoms with E-state index in [4.69, 9.17) is 0 Å². The molecule has 1 saturated carbocycles. The van der Waals surface area contributed by atoms with Gasteiger partial charge in [0.25, 0.3) is 0 Å². The average molecular weight is 311 g/mol. The monoisotopic (exact) mass is 311 g/mol. The zero-order valence-corrected chi connectivity index (χ0v) is 12.9. The molecule has 3 atom stereocenters. The number of amides is 1. The third kappa shape index (κ3) is 2.87. The standard InChI is InChI=1S/C17H21N5O/c23-17(16-14-7-1-2-8-15(14)20-21-16)19-12-5-3-6-13(11-12)22-10-4-9-18-22/h3-6,9-11,14-16,20-21H,1-2,7-8H2,(H,19,23). The smallest absolute Gasteiger partial charge is 0.243 e. The first-order chi connectivity index (χ1) is 11.3. The molecule has 1 aromatic heterocycles. The molecule has 2 fully saturated rings. The fourth-order valence-electron chi connectivity index (χ4n) is 3.67. The SMILES string of the molecule is O=C(Nc1cccc(-n2cccn2)c1)C1NNC2CCCCC21. The molecule has 3 unspecified atom stereocenters. The molecule has 3 N–H and O–H groups in total. The number of hydrogen-bond acceptors (Lipinski definition) is 4. The summed E-state index contributed by atoms with van der Waals surface area (Å²) in [7, 11) is 0. The molecule has 4 rings (SSSR count). The van der Waals surface area contributed by atoms with Crippen molar-refractivity contribution in [2.75, 3.05) is 5.32 Å². The van der Waals surface area contributed by atoms with Crippen molar-refractivity contribution in [3.63, 3.8) is 0 Å². The molecule has 1 aliphatic heterocycles. The van der Waals surface area contributed by atoms with Gasteiger partial charge in [0.15, 0.2) is 0 Å². The lowest BCUT2D eigenvalue weighted by atomic mass is 9.81. The Balaban J connectivity index is 1.48. The van der Waals surface area contributed by atoms with E-state index >= 15 is 0 Å². The second kappa shape index (κ2) is 6.14. The Morgan fingerprint density at radius 3 is 3.00 bits per heavy atom. The maximum Gasteiger partial charge on any atom is 0.243 e. The molecule has 1 aromatic carbocycles. The van der Waals surface area contributed by atoms with Gasteiger partial charge < -0.3 is 5.32 Å². The second-order valence-corrected chi connectivity index (χ2v) is 6.31. The lowest BCUT2D eigenvalue weighted by Gasteiger charge is -2.26. The molecular formula is C17H21N5O. The Kier molecular flexibility index (Phi) is 3.85. The number of hydrogen-bond donors (Lipinski definition) is 3. The molecule has 2 aromatic rings. The fourth-order valence-corrected chi connectivity index (χ4v) is 3.67. The van der Waals surface area contributed by atoms with Gasteiger partial charge in [-0.25, -0.2) is 10.1 Å². The Hall–Kier alpha value is -2.18. The Bertz CT molecular complexity index is 684. The minimum atomic E-state index is -0.159. The predicted octanol–water partition coefficient (Wildman–Crippen LogP) is 1.85. The molecule has 1 saturated heterocycles. The third-order valence-corrected chi connectivity index (χ3v) is 4.84. The highest BCUT2D eigenvalue weighted by molar-refractivity contribution is 5.95. The minimum Gasteiger partial charge on any atom is -0.325 e. The van der Waals surface area contributed by atoms with Crippen molar-refractivity contribution in [2.45, 2.75) is 37.8 Å². The summed E-state index contributed by atoms with van der Waals surface area (Å²) in [6.07, 6.45) is 8.34. The van der Waals surface area contributed by atoms with Gasteiger partial charge in [0.2, 0.25) is 5.91 Å². The van der Waals surface area contributed by atoms with E-state index in [-0.39, 0.29) is 11.9 Å². The van der Waals surface area contributed by atoms with Gasteiger partial charge in [-0.1, -0.05) is 18.9 Å². The van der Waals surface area contributed by atoms with E-state index in [2.05, 4.69) is 21.3 Å². The van der Waals surface area contributed by atoms with Crippen molar-refractivity contribution >= 4 is 11.6 Å². The molecule has 2 aliphatic rings. The molecule has 120 valence electrons.